The highest BCUT2D eigenvalue weighted by Crippen LogP contribution is 2.49. The van der Waals surface area contributed by atoms with Gasteiger partial charge in [-0.2, -0.15) is 0 Å². The fourth-order valence-corrected chi connectivity index (χ4v) is 3.50. The predicted octanol–water partition coefficient (Wildman–Crippen LogP) is 3.48. The van der Waals surface area contributed by atoms with E-state index in [2.05, 4.69) is 50.1 Å². The molecule has 23 heavy (non-hydrogen) atoms. The molecule has 0 N–H and O–H groups in total. The summed E-state index contributed by atoms with van der Waals surface area (Å²) >= 11 is 3.47. The number of carbonyl (C=O) groups is 1. The molecule has 2 aliphatic carbocycles. The molecule has 2 aromatic rings. The summed E-state index contributed by atoms with van der Waals surface area (Å²) in [5, 5.41) is 0. The summed E-state index contributed by atoms with van der Waals surface area (Å²) in [7, 11) is 1.99. The van der Waals surface area contributed by atoms with Crippen LogP contribution in [0.1, 0.15) is 36.6 Å². The Labute approximate surface area is 144 Å². The molecule has 0 bridgehead atoms. The maximum absolute atomic E-state index is 13.0. The maximum Gasteiger partial charge on any atom is 0.226 e. The van der Waals surface area contributed by atoms with Crippen molar-refractivity contribution in [2.75, 3.05) is 0 Å². The van der Waals surface area contributed by atoms with E-state index in [1.165, 1.54) is 5.56 Å². The van der Waals surface area contributed by atoms with Gasteiger partial charge in [-0.1, -0.05) is 28.1 Å². The zero-order valence-electron chi connectivity index (χ0n) is 13.2. The van der Waals surface area contributed by atoms with Crippen LogP contribution in [0.3, 0.4) is 0 Å². The van der Waals surface area contributed by atoms with Crippen molar-refractivity contribution in [2.45, 2.75) is 37.8 Å². The molecule has 2 atom stereocenters. The average Bonchev–Trinajstić information content (AvgIpc) is 3.44. The van der Waals surface area contributed by atoms with Gasteiger partial charge in [0.1, 0.15) is 5.82 Å². The molecule has 1 aromatic carbocycles. The predicted molar refractivity (Wildman–Crippen MR) is 91.8 cm³/mol. The third-order valence-electron chi connectivity index (χ3n) is 4.91. The topological polar surface area (TPSA) is 38.1 Å². The molecule has 1 heterocycles. The number of hydrogen-bond donors (Lipinski definition) is 0. The molecule has 1 amide bonds. The Bertz CT molecular complexity index is 720. The van der Waals surface area contributed by atoms with Gasteiger partial charge in [-0.3, -0.25) is 4.79 Å². The summed E-state index contributed by atoms with van der Waals surface area (Å²) < 4.78 is 3.08. The smallest absolute Gasteiger partial charge is 0.226 e. The van der Waals surface area contributed by atoms with Crippen molar-refractivity contribution in [1.29, 1.82) is 0 Å². The lowest BCUT2D eigenvalue weighted by molar-refractivity contribution is -0.134. The van der Waals surface area contributed by atoms with Crippen molar-refractivity contribution in [3.05, 3.63) is 52.5 Å². The number of hydrogen-bond acceptors (Lipinski definition) is 2. The Morgan fingerprint density at radius 1 is 1.35 bits per heavy atom. The Morgan fingerprint density at radius 3 is 2.70 bits per heavy atom. The summed E-state index contributed by atoms with van der Waals surface area (Å²) in [5.41, 5.74) is 1.28. The van der Waals surface area contributed by atoms with Gasteiger partial charge in [0, 0.05) is 35.9 Å². The zero-order chi connectivity index (χ0) is 16.0. The second kappa shape index (κ2) is 5.78. The Balaban J connectivity index is 1.47. The number of nitrogens with zero attached hydrogens (tertiary/aromatic N) is 3. The van der Waals surface area contributed by atoms with E-state index in [0.717, 1.165) is 29.6 Å². The van der Waals surface area contributed by atoms with Crippen molar-refractivity contribution in [3.8, 4) is 0 Å². The molecule has 0 unspecified atom stereocenters. The quantitative estimate of drug-likeness (QED) is 0.804. The van der Waals surface area contributed by atoms with Crippen LogP contribution in [-0.2, 0) is 18.4 Å². The lowest BCUT2D eigenvalue weighted by Gasteiger charge is -2.22. The molecule has 0 aliphatic heterocycles. The fourth-order valence-electron chi connectivity index (χ4n) is 3.23. The molecule has 2 saturated carbocycles. The first-order chi connectivity index (χ1) is 11.1. The Hall–Kier alpha value is -1.62. The number of halogens is 1. The van der Waals surface area contributed by atoms with E-state index in [1.807, 2.05) is 17.8 Å². The zero-order valence-corrected chi connectivity index (χ0v) is 14.7. The number of aromatic nitrogens is 2. The number of benzene rings is 1. The SMILES string of the molecule is Cn1ccnc1CN(C(=O)[C@H]1C[C@H]1c1ccc(Br)cc1)C1CC1. The van der Waals surface area contributed by atoms with E-state index in [-0.39, 0.29) is 5.92 Å². The monoisotopic (exact) mass is 373 g/mol. The van der Waals surface area contributed by atoms with Crippen molar-refractivity contribution >= 4 is 21.8 Å². The summed E-state index contributed by atoms with van der Waals surface area (Å²) in [6.07, 6.45) is 6.97. The first-order valence-corrected chi connectivity index (χ1v) is 8.95. The van der Waals surface area contributed by atoms with Crippen LogP contribution in [0.15, 0.2) is 41.1 Å². The summed E-state index contributed by atoms with van der Waals surface area (Å²) in [5.74, 6) is 1.81. The van der Waals surface area contributed by atoms with Crippen molar-refractivity contribution in [2.24, 2.45) is 13.0 Å². The van der Waals surface area contributed by atoms with Crippen molar-refractivity contribution in [3.63, 3.8) is 0 Å². The highest BCUT2D eigenvalue weighted by atomic mass is 79.9. The lowest BCUT2D eigenvalue weighted by Crippen LogP contribution is -2.35. The average molecular weight is 374 g/mol. The van der Waals surface area contributed by atoms with Crippen LogP contribution in [0.5, 0.6) is 0 Å². The normalized spacial score (nSPS) is 22.9. The molecule has 4 nitrogen and oxygen atoms in total. The number of carbonyl (C=O) groups excluding carboxylic acids is 1. The van der Waals surface area contributed by atoms with Gasteiger partial charge in [0.05, 0.1) is 6.54 Å². The molecule has 120 valence electrons. The van der Waals surface area contributed by atoms with Crippen LogP contribution >= 0.6 is 15.9 Å². The third-order valence-corrected chi connectivity index (χ3v) is 5.44. The standard InChI is InChI=1S/C18H20BrN3O/c1-21-9-8-20-17(21)11-22(14-6-7-14)18(23)16-10-15(16)12-2-4-13(19)5-3-12/h2-5,8-9,14-16H,6-7,10-11H2,1H3/t15-,16-/m0/s1. The van der Waals surface area contributed by atoms with E-state index >= 15 is 0 Å². The molecule has 0 saturated heterocycles. The summed E-state index contributed by atoms with van der Waals surface area (Å²) in [4.78, 5) is 19.4. The molecular formula is C18H20BrN3O. The lowest BCUT2D eigenvalue weighted by atomic mass is 10.1. The van der Waals surface area contributed by atoms with Crippen LogP contribution in [0.25, 0.3) is 0 Å². The Kier molecular flexibility index (Phi) is 3.76. The Morgan fingerprint density at radius 2 is 2.09 bits per heavy atom. The minimum absolute atomic E-state index is 0.150. The maximum atomic E-state index is 13.0. The molecule has 0 spiro atoms. The fraction of sp³-hybridized carbons (Fsp3) is 0.444. The van der Waals surface area contributed by atoms with E-state index in [0.29, 0.717) is 24.4 Å². The van der Waals surface area contributed by atoms with Gasteiger partial charge < -0.3 is 9.47 Å². The number of rotatable bonds is 5. The van der Waals surface area contributed by atoms with Crippen LogP contribution in [-0.4, -0.2) is 26.4 Å². The van der Waals surface area contributed by atoms with E-state index in [4.69, 9.17) is 0 Å². The van der Waals surface area contributed by atoms with E-state index in [9.17, 15) is 4.79 Å². The van der Waals surface area contributed by atoms with E-state index in [1.54, 1.807) is 6.20 Å². The second-order valence-corrected chi connectivity index (χ2v) is 7.57. The van der Waals surface area contributed by atoms with Gasteiger partial charge >= 0.3 is 0 Å². The van der Waals surface area contributed by atoms with Gasteiger partial charge in [-0.15, -0.1) is 0 Å². The molecule has 2 fully saturated rings. The molecule has 5 heteroatoms. The minimum atomic E-state index is 0.150. The van der Waals surface area contributed by atoms with Crippen LogP contribution in [0.4, 0.5) is 0 Å². The summed E-state index contributed by atoms with van der Waals surface area (Å²) in [6, 6.07) is 8.79. The van der Waals surface area contributed by atoms with Gasteiger partial charge in [-0.05, 0) is 42.9 Å². The summed E-state index contributed by atoms with van der Waals surface area (Å²) in [6.45, 7) is 0.635. The van der Waals surface area contributed by atoms with Gasteiger partial charge in [0.25, 0.3) is 0 Å². The molecule has 4 rings (SSSR count). The molecule has 2 aliphatic rings. The first-order valence-electron chi connectivity index (χ1n) is 8.15. The van der Waals surface area contributed by atoms with Crippen LogP contribution in [0.2, 0.25) is 0 Å². The van der Waals surface area contributed by atoms with Crippen molar-refractivity contribution in [1.82, 2.24) is 14.5 Å². The van der Waals surface area contributed by atoms with Crippen molar-refractivity contribution < 1.29 is 4.79 Å². The highest BCUT2D eigenvalue weighted by molar-refractivity contribution is 9.10. The van der Waals surface area contributed by atoms with Gasteiger partial charge in [0.2, 0.25) is 5.91 Å². The first kappa shape index (κ1) is 14.9. The number of amides is 1. The third kappa shape index (κ3) is 3.07. The van der Waals surface area contributed by atoms with Gasteiger partial charge in [0.15, 0.2) is 0 Å². The number of imidazole rings is 1. The number of aryl methyl sites for hydroxylation is 1. The van der Waals surface area contributed by atoms with E-state index < -0.39 is 0 Å². The largest absolute Gasteiger partial charge is 0.337 e. The minimum Gasteiger partial charge on any atom is -0.337 e. The molecule has 1 aromatic heterocycles. The second-order valence-electron chi connectivity index (χ2n) is 6.65. The molecular weight excluding hydrogens is 354 g/mol. The molecule has 0 radical (unpaired) electrons. The van der Waals surface area contributed by atoms with Gasteiger partial charge in [-0.25, -0.2) is 4.98 Å². The van der Waals surface area contributed by atoms with Crippen LogP contribution < -0.4 is 0 Å². The van der Waals surface area contributed by atoms with Crippen LogP contribution in [0, 0.1) is 5.92 Å². The highest BCUT2D eigenvalue weighted by Gasteiger charge is 2.48.